The second-order valence-corrected chi connectivity index (χ2v) is 8.81. The number of hydrogen-bond donors (Lipinski definition) is 1. The molecule has 10 heteroatoms. The van der Waals surface area contributed by atoms with Gasteiger partial charge in [-0.25, -0.2) is 9.97 Å². The fraction of sp³-hybridized carbons (Fsp3) is 0.318. The number of amides is 1. The normalized spacial score (nSPS) is 14.3. The highest BCUT2D eigenvalue weighted by Gasteiger charge is 2.17. The van der Waals surface area contributed by atoms with Gasteiger partial charge in [-0.2, -0.15) is 0 Å². The van der Waals surface area contributed by atoms with E-state index in [9.17, 15) is 4.79 Å². The van der Waals surface area contributed by atoms with Crippen LogP contribution in [0, 0.1) is 0 Å². The molecule has 0 aliphatic carbocycles. The van der Waals surface area contributed by atoms with E-state index in [4.69, 9.17) is 9.72 Å². The lowest BCUT2D eigenvalue weighted by molar-refractivity contribution is 0.102. The molecule has 164 valence electrons. The molecular formula is C22H23N7O2S. The van der Waals surface area contributed by atoms with Crippen LogP contribution >= 0.6 is 11.3 Å². The predicted molar refractivity (Wildman–Crippen MR) is 124 cm³/mol. The Bertz CT molecular complexity index is 1260. The topological polar surface area (TPSA) is 98.1 Å². The van der Waals surface area contributed by atoms with Crippen LogP contribution in [0.4, 0.5) is 10.9 Å². The fourth-order valence-corrected chi connectivity index (χ4v) is 4.62. The van der Waals surface area contributed by atoms with Crippen molar-refractivity contribution >= 4 is 38.4 Å². The SMILES string of the molecule is CC(C)n1cnnc1-c1cccc(NC(=O)c2ccc3nc(N4CCOCC4)sc3c2)n1. The Labute approximate surface area is 189 Å². The van der Waals surface area contributed by atoms with Gasteiger partial charge in [0.15, 0.2) is 11.0 Å². The van der Waals surface area contributed by atoms with Crippen LogP contribution in [0.5, 0.6) is 0 Å². The molecule has 0 unspecified atom stereocenters. The van der Waals surface area contributed by atoms with E-state index in [0.717, 1.165) is 28.4 Å². The molecule has 9 nitrogen and oxygen atoms in total. The van der Waals surface area contributed by atoms with Gasteiger partial charge in [0.05, 0.1) is 23.4 Å². The number of fused-ring (bicyclic) bond motifs is 1. The minimum absolute atomic E-state index is 0.202. The molecule has 1 aliphatic heterocycles. The van der Waals surface area contributed by atoms with E-state index in [1.165, 1.54) is 0 Å². The summed E-state index contributed by atoms with van der Waals surface area (Å²) in [6.07, 6.45) is 1.68. The van der Waals surface area contributed by atoms with Crippen LogP contribution in [0.15, 0.2) is 42.7 Å². The summed E-state index contributed by atoms with van der Waals surface area (Å²) in [5.74, 6) is 0.908. The first-order chi connectivity index (χ1) is 15.6. The van der Waals surface area contributed by atoms with E-state index in [1.54, 1.807) is 29.8 Å². The van der Waals surface area contributed by atoms with E-state index in [2.05, 4.69) is 39.2 Å². The number of nitrogens with one attached hydrogen (secondary N) is 1. The van der Waals surface area contributed by atoms with Crippen LogP contribution < -0.4 is 10.2 Å². The summed E-state index contributed by atoms with van der Waals surface area (Å²) < 4.78 is 8.34. The van der Waals surface area contributed by atoms with Crippen molar-refractivity contribution < 1.29 is 9.53 Å². The van der Waals surface area contributed by atoms with E-state index in [1.807, 2.05) is 28.8 Å². The molecule has 1 aliphatic rings. The number of morpholine rings is 1. The van der Waals surface area contributed by atoms with Gasteiger partial charge in [0.1, 0.15) is 17.8 Å². The Morgan fingerprint density at radius 3 is 2.81 bits per heavy atom. The number of ether oxygens (including phenoxy) is 1. The Morgan fingerprint density at radius 1 is 1.16 bits per heavy atom. The summed E-state index contributed by atoms with van der Waals surface area (Å²) in [7, 11) is 0. The van der Waals surface area contributed by atoms with Gasteiger partial charge in [-0.3, -0.25) is 4.79 Å². The molecule has 0 bridgehead atoms. The summed E-state index contributed by atoms with van der Waals surface area (Å²) in [4.78, 5) is 24.4. The van der Waals surface area contributed by atoms with Crippen LogP contribution in [0.3, 0.4) is 0 Å². The van der Waals surface area contributed by atoms with Gasteiger partial charge in [-0.15, -0.1) is 10.2 Å². The molecule has 0 saturated carbocycles. The van der Waals surface area contributed by atoms with Gasteiger partial charge in [0.25, 0.3) is 5.91 Å². The number of anilines is 2. The van der Waals surface area contributed by atoms with Crippen molar-refractivity contribution in [1.29, 1.82) is 0 Å². The van der Waals surface area contributed by atoms with Gasteiger partial charge in [-0.05, 0) is 44.2 Å². The lowest BCUT2D eigenvalue weighted by Crippen LogP contribution is -2.36. The molecule has 0 spiro atoms. The smallest absolute Gasteiger partial charge is 0.256 e. The molecular weight excluding hydrogens is 426 g/mol. The Balaban J connectivity index is 1.36. The first-order valence-electron chi connectivity index (χ1n) is 10.5. The quantitative estimate of drug-likeness (QED) is 0.497. The maximum atomic E-state index is 12.9. The molecule has 1 aromatic carbocycles. The van der Waals surface area contributed by atoms with Crippen molar-refractivity contribution in [2.75, 3.05) is 36.5 Å². The number of thiazole rings is 1. The first kappa shape index (κ1) is 20.5. The van der Waals surface area contributed by atoms with Gasteiger partial charge >= 0.3 is 0 Å². The van der Waals surface area contributed by atoms with Crippen LogP contribution in [0.2, 0.25) is 0 Å². The zero-order valence-electron chi connectivity index (χ0n) is 17.9. The third-order valence-electron chi connectivity index (χ3n) is 5.27. The third kappa shape index (κ3) is 4.06. The number of benzene rings is 1. The maximum absolute atomic E-state index is 12.9. The molecule has 1 N–H and O–H groups in total. The number of hydrogen-bond acceptors (Lipinski definition) is 8. The fourth-order valence-electron chi connectivity index (χ4n) is 3.56. The standard InChI is InChI=1S/C22H23N7O2S/c1-14(2)29-13-23-27-20(29)17-4-3-5-19(24-17)26-21(30)15-6-7-16-18(12-15)32-22(25-16)28-8-10-31-11-9-28/h3-7,12-14H,8-11H2,1-2H3,(H,24,26,30). The summed E-state index contributed by atoms with van der Waals surface area (Å²) in [5, 5.41) is 12.0. The number of aromatic nitrogens is 5. The van der Waals surface area contributed by atoms with E-state index in [0.29, 0.717) is 36.1 Å². The molecule has 1 amide bonds. The minimum Gasteiger partial charge on any atom is -0.378 e. The molecule has 0 radical (unpaired) electrons. The number of pyridine rings is 1. The summed E-state index contributed by atoms with van der Waals surface area (Å²) in [6, 6.07) is 11.2. The second kappa shape index (κ2) is 8.64. The zero-order valence-corrected chi connectivity index (χ0v) is 18.7. The number of carbonyl (C=O) groups excluding carboxylic acids is 1. The van der Waals surface area contributed by atoms with Crippen molar-refractivity contribution in [3.05, 3.63) is 48.3 Å². The average Bonchev–Trinajstić information content (AvgIpc) is 3.47. The van der Waals surface area contributed by atoms with Gasteiger partial charge in [0.2, 0.25) is 0 Å². The van der Waals surface area contributed by atoms with Gasteiger partial charge < -0.3 is 19.5 Å². The van der Waals surface area contributed by atoms with Crippen molar-refractivity contribution in [2.24, 2.45) is 0 Å². The Hall–Kier alpha value is -3.37. The average molecular weight is 450 g/mol. The maximum Gasteiger partial charge on any atom is 0.256 e. The molecule has 32 heavy (non-hydrogen) atoms. The molecule has 1 saturated heterocycles. The largest absolute Gasteiger partial charge is 0.378 e. The Kier molecular flexibility index (Phi) is 5.54. The van der Waals surface area contributed by atoms with Crippen molar-refractivity contribution in [3.63, 3.8) is 0 Å². The van der Waals surface area contributed by atoms with Crippen molar-refractivity contribution in [1.82, 2.24) is 24.7 Å². The third-order valence-corrected chi connectivity index (χ3v) is 6.35. The van der Waals surface area contributed by atoms with Crippen LogP contribution in [-0.2, 0) is 4.74 Å². The molecule has 1 fully saturated rings. The predicted octanol–water partition coefficient (Wildman–Crippen LogP) is 3.62. The Morgan fingerprint density at radius 2 is 2.00 bits per heavy atom. The van der Waals surface area contributed by atoms with E-state index < -0.39 is 0 Å². The van der Waals surface area contributed by atoms with Crippen molar-refractivity contribution in [2.45, 2.75) is 19.9 Å². The first-order valence-corrected chi connectivity index (χ1v) is 11.3. The highest BCUT2D eigenvalue weighted by Crippen LogP contribution is 2.30. The number of rotatable bonds is 5. The highest BCUT2D eigenvalue weighted by atomic mass is 32.1. The van der Waals surface area contributed by atoms with Crippen LogP contribution in [0.1, 0.15) is 30.2 Å². The van der Waals surface area contributed by atoms with Gasteiger partial charge in [-0.1, -0.05) is 17.4 Å². The van der Waals surface area contributed by atoms with E-state index in [-0.39, 0.29) is 11.9 Å². The summed E-state index contributed by atoms with van der Waals surface area (Å²) in [6.45, 7) is 7.20. The van der Waals surface area contributed by atoms with Gasteiger partial charge in [0, 0.05) is 24.7 Å². The summed E-state index contributed by atoms with van der Waals surface area (Å²) in [5.41, 5.74) is 2.11. The second-order valence-electron chi connectivity index (χ2n) is 7.80. The summed E-state index contributed by atoms with van der Waals surface area (Å²) >= 11 is 1.59. The molecule has 0 atom stereocenters. The number of carbonyl (C=O) groups is 1. The molecule has 4 heterocycles. The van der Waals surface area contributed by atoms with E-state index >= 15 is 0 Å². The van der Waals surface area contributed by atoms with Crippen molar-refractivity contribution in [3.8, 4) is 11.5 Å². The highest BCUT2D eigenvalue weighted by molar-refractivity contribution is 7.22. The monoisotopic (exact) mass is 449 g/mol. The minimum atomic E-state index is -0.219. The molecule has 4 aromatic rings. The molecule has 3 aromatic heterocycles. The number of nitrogens with zero attached hydrogens (tertiary/aromatic N) is 6. The van der Waals surface area contributed by atoms with Crippen LogP contribution in [-0.4, -0.2) is 56.9 Å². The molecule has 5 rings (SSSR count). The van der Waals surface area contributed by atoms with Crippen LogP contribution in [0.25, 0.3) is 21.7 Å². The zero-order chi connectivity index (χ0) is 22.1. The lowest BCUT2D eigenvalue weighted by Gasteiger charge is -2.25. The lowest BCUT2D eigenvalue weighted by atomic mass is 10.2.